The molecule has 56 heavy (non-hydrogen) atoms. The van der Waals surface area contributed by atoms with Crippen LogP contribution in [0.15, 0.2) is 0 Å². The molecular formula is C46H91NO9. The maximum Gasteiger partial charge on any atom is 0.220 e. The maximum atomic E-state index is 13.0. The van der Waals surface area contributed by atoms with Crippen LogP contribution in [0.25, 0.3) is 0 Å². The average molecular weight is 802 g/mol. The van der Waals surface area contributed by atoms with Crippen molar-refractivity contribution in [2.75, 3.05) is 13.2 Å². The first-order valence-corrected chi connectivity index (χ1v) is 23.8. The quantitative estimate of drug-likeness (QED) is 0.0299. The average Bonchev–Trinajstić information content (AvgIpc) is 3.20. The Morgan fingerprint density at radius 2 is 0.929 bits per heavy atom. The Kier molecular flexibility index (Phi) is 35.3. The van der Waals surface area contributed by atoms with E-state index < -0.39 is 62.2 Å². The van der Waals surface area contributed by atoms with E-state index in [0.29, 0.717) is 6.42 Å². The Morgan fingerprint density at radius 1 is 0.554 bits per heavy atom. The van der Waals surface area contributed by atoms with Crippen LogP contribution in [0, 0.1) is 0 Å². The summed E-state index contributed by atoms with van der Waals surface area (Å²) < 4.78 is 11.6. The summed E-state index contributed by atoms with van der Waals surface area (Å²) in [6.45, 7) is 3.38. The van der Waals surface area contributed by atoms with E-state index in [2.05, 4.69) is 19.2 Å². The lowest BCUT2D eigenvalue weighted by Crippen LogP contribution is -2.62. The van der Waals surface area contributed by atoms with Gasteiger partial charge in [0, 0.05) is 6.42 Å². The molecule has 0 aliphatic carbocycles. The number of hydrogen-bond donors (Lipinski definition) is 7. The van der Waals surface area contributed by atoms with E-state index in [0.717, 1.165) is 44.9 Å². The van der Waals surface area contributed by atoms with Crippen molar-refractivity contribution in [3.05, 3.63) is 0 Å². The number of aliphatic hydroxyl groups excluding tert-OH is 6. The molecule has 0 spiro atoms. The SMILES string of the molecule is CCCCCCCCCCCCCCCCCCCCCC(=O)N[C@@H](CO)[C@@H](O[C@H]1O[C@H](CO)[C@H](O)[C@H](O)[C@H]1O)[C@H](O)CCCCCCCCCCCCCC. The summed E-state index contributed by atoms with van der Waals surface area (Å²) in [6, 6.07) is -0.984. The van der Waals surface area contributed by atoms with Crippen molar-refractivity contribution < 1.29 is 44.9 Å². The van der Waals surface area contributed by atoms with Crippen LogP contribution in [0.5, 0.6) is 0 Å². The van der Waals surface area contributed by atoms with Crippen molar-refractivity contribution in [2.24, 2.45) is 0 Å². The smallest absolute Gasteiger partial charge is 0.220 e. The minimum atomic E-state index is -1.66. The van der Waals surface area contributed by atoms with Crippen LogP contribution in [0.1, 0.15) is 226 Å². The first-order valence-electron chi connectivity index (χ1n) is 23.8. The van der Waals surface area contributed by atoms with Gasteiger partial charge in [0.2, 0.25) is 5.91 Å². The number of carbonyl (C=O) groups is 1. The molecule has 334 valence electrons. The second-order valence-electron chi connectivity index (χ2n) is 17.0. The summed E-state index contributed by atoms with van der Waals surface area (Å²) >= 11 is 0. The van der Waals surface area contributed by atoms with Gasteiger partial charge in [-0.05, 0) is 12.8 Å². The lowest BCUT2D eigenvalue weighted by molar-refractivity contribution is -0.319. The van der Waals surface area contributed by atoms with Crippen molar-refractivity contribution in [2.45, 2.75) is 275 Å². The molecule has 1 amide bonds. The number of aliphatic hydroxyl groups is 6. The highest BCUT2D eigenvalue weighted by Gasteiger charge is 2.46. The lowest BCUT2D eigenvalue weighted by atomic mass is 9.97. The minimum absolute atomic E-state index is 0.254. The molecule has 0 unspecified atom stereocenters. The number of unbranched alkanes of at least 4 members (excludes halogenated alkanes) is 29. The van der Waals surface area contributed by atoms with Gasteiger partial charge in [-0.2, -0.15) is 0 Å². The van der Waals surface area contributed by atoms with Gasteiger partial charge in [0.15, 0.2) is 6.29 Å². The molecule has 0 aromatic carbocycles. The molecule has 1 aliphatic heterocycles. The van der Waals surface area contributed by atoms with Crippen LogP contribution in [0.3, 0.4) is 0 Å². The Labute approximate surface area is 343 Å². The second kappa shape index (κ2) is 37.2. The number of amides is 1. The monoisotopic (exact) mass is 802 g/mol. The molecule has 0 aromatic heterocycles. The van der Waals surface area contributed by atoms with E-state index in [4.69, 9.17) is 9.47 Å². The van der Waals surface area contributed by atoms with E-state index in [1.807, 2.05) is 0 Å². The van der Waals surface area contributed by atoms with Crippen LogP contribution in [0.2, 0.25) is 0 Å². The predicted molar refractivity (Wildman–Crippen MR) is 227 cm³/mol. The van der Waals surface area contributed by atoms with Gasteiger partial charge in [-0.15, -0.1) is 0 Å². The fourth-order valence-corrected chi connectivity index (χ4v) is 8.02. The van der Waals surface area contributed by atoms with Gasteiger partial charge in [-0.3, -0.25) is 4.79 Å². The zero-order chi connectivity index (χ0) is 41.1. The summed E-state index contributed by atoms with van der Waals surface area (Å²) in [4.78, 5) is 13.0. The van der Waals surface area contributed by atoms with E-state index >= 15 is 0 Å². The molecule has 1 rings (SSSR count). The molecule has 1 heterocycles. The number of rotatable bonds is 40. The number of hydrogen-bond acceptors (Lipinski definition) is 9. The van der Waals surface area contributed by atoms with Crippen molar-refractivity contribution in [1.29, 1.82) is 0 Å². The van der Waals surface area contributed by atoms with E-state index in [1.165, 1.54) is 154 Å². The van der Waals surface area contributed by atoms with E-state index in [1.54, 1.807) is 0 Å². The van der Waals surface area contributed by atoms with Crippen molar-refractivity contribution in [1.82, 2.24) is 5.32 Å². The van der Waals surface area contributed by atoms with Gasteiger partial charge in [0.25, 0.3) is 0 Å². The van der Waals surface area contributed by atoms with Gasteiger partial charge in [-0.1, -0.05) is 206 Å². The number of ether oxygens (including phenoxy) is 2. The fraction of sp³-hybridized carbons (Fsp3) is 0.978. The Hall–Kier alpha value is -0.850. The normalized spacial score (nSPS) is 21.6. The number of nitrogens with one attached hydrogen (secondary N) is 1. The molecule has 10 nitrogen and oxygen atoms in total. The molecule has 10 heteroatoms. The van der Waals surface area contributed by atoms with Crippen LogP contribution < -0.4 is 5.32 Å². The summed E-state index contributed by atoms with van der Waals surface area (Å²) in [5.74, 6) is -0.254. The topological polar surface area (TPSA) is 169 Å². The van der Waals surface area contributed by atoms with Crippen LogP contribution in [-0.2, 0) is 14.3 Å². The zero-order valence-electron chi connectivity index (χ0n) is 36.3. The van der Waals surface area contributed by atoms with Crippen LogP contribution in [0.4, 0.5) is 0 Å². The predicted octanol–water partition coefficient (Wildman–Crippen LogP) is 8.92. The maximum absolute atomic E-state index is 13.0. The van der Waals surface area contributed by atoms with E-state index in [9.17, 15) is 35.4 Å². The molecule has 0 radical (unpaired) electrons. The molecule has 1 aliphatic rings. The van der Waals surface area contributed by atoms with Crippen molar-refractivity contribution in [3.63, 3.8) is 0 Å². The Bertz CT molecular complexity index is 864. The molecule has 0 aromatic rings. The summed E-state index contributed by atoms with van der Waals surface area (Å²) in [5.41, 5.74) is 0. The fourth-order valence-electron chi connectivity index (χ4n) is 8.02. The van der Waals surface area contributed by atoms with Gasteiger partial charge in [-0.25, -0.2) is 0 Å². The molecule has 0 bridgehead atoms. The zero-order valence-corrected chi connectivity index (χ0v) is 36.3. The van der Waals surface area contributed by atoms with Crippen molar-refractivity contribution in [3.8, 4) is 0 Å². The van der Waals surface area contributed by atoms with Gasteiger partial charge in [0.05, 0.1) is 25.4 Å². The van der Waals surface area contributed by atoms with E-state index in [-0.39, 0.29) is 12.3 Å². The van der Waals surface area contributed by atoms with Gasteiger partial charge in [0.1, 0.15) is 30.5 Å². The molecular weight excluding hydrogens is 711 g/mol. The first-order chi connectivity index (χ1) is 27.3. The van der Waals surface area contributed by atoms with Gasteiger partial charge >= 0.3 is 0 Å². The molecule has 7 N–H and O–H groups in total. The van der Waals surface area contributed by atoms with Crippen LogP contribution in [-0.4, -0.2) is 98.7 Å². The highest BCUT2D eigenvalue weighted by Crippen LogP contribution is 2.26. The summed E-state index contributed by atoms with van der Waals surface area (Å²) in [5, 5.41) is 65.3. The third-order valence-corrected chi connectivity index (χ3v) is 11.8. The van der Waals surface area contributed by atoms with Gasteiger partial charge < -0.3 is 45.4 Å². The minimum Gasteiger partial charge on any atom is -0.394 e. The van der Waals surface area contributed by atoms with Crippen LogP contribution >= 0.6 is 0 Å². The summed E-state index contributed by atoms with van der Waals surface area (Å²) in [6.07, 6.45) is 29.3. The number of carbonyl (C=O) groups excluding carboxylic acids is 1. The lowest BCUT2D eigenvalue weighted by Gasteiger charge is -2.42. The Balaban J connectivity index is 2.39. The highest BCUT2D eigenvalue weighted by atomic mass is 16.7. The molecule has 1 saturated heterocycles. The standard InChI is InChI=1S/C46H91NO9/c1-3-5-7-9-11-13-15-17-18-19-20-21-22-23-25-27-29-31-33-35-41(51)47-38(36-48)45(56-46-44(54)43(53)42(52)40(37-49)55-46)39(50)34-32-30-28-26-24-16-14-12-10-8-6-4-2/h38-40,42-46,48-50,52-54H,3-37H2,1-2H3,(H,47,51)/t38-,39+,40+,42-,43-,44+,45+,46+/m0/s1. The second-order valence-corrected chi connectivity index (χ2v) is 17.0. The third kappa shape index (κ3) is 26.3. The summed E-state index contributed by atoms with van der Waals surface area (Å²) in [7, 11) is 0. The first kappa shape index (κ1) is 53.2. The molecule has 0 saturated carbocycles. The largest absolute Gasteiger partial charge is 0.394 e. The Morgan fingerprint density at radius 3 is 1.30 bits per heavy atom. The highest BCUT2D eigenvalue weighted by molar-refractivity contribution is 5.76. The van der Waals surface area contributed by atoms with Crippen molar-refractivity contribution >= 4 is 5.91 Å². The molecule has 1 fully saturated rings. The molecule has 8 atom stereocenters. The third-order valence-electron chi connectivity index (χ3n) is 11.8.